The first-order chi connectivity index (χ1) is 16.8. The SMILES string of the molecule is C=C(C)[C@@H]1CC[C@]2(CO)CC[C@]3(C)[C@H](CC[C@@H]4[C@@]5(C)CC[C@H](OC(=O)CP)C(C)(C)[C@@H]5CC[C@]43C)[C@@H]12. The molecular formula is C32H53O3P. The van der Waals surface area contributed by atoms with Gasteiger partial charge in [-0.3, -0.25) is 4.79 Å². The number of ether oxygens (including phenoxy) is 1. The zero-order valence-electron chi connectivity index (χ0n) is 24.0. The summed E-state index contributed by atoms with van der Waals surface area (Å²) in [5.74, 6) is 3.10. The number of carbonyl (C=O) groups is 1. The van der Waals surface area contributed by atoms with Gasteiger partial charge in [-0.15, -0.1) is 9.24 Å². The lowest BCUT2D eigenvalue weighted by atomic mass is 9.32. The van der Waals surface area contributed by atoms with Gasteiger partial charge in [-0.1, -0.05) is 46.8 Å². The van der Waals surface area contributed by atoms with Gasteiger partial charge in [0.25, 0.3) is 0 Å². The smallest absolute Gasteiger partial charge is 0.309 e. The molecule has 1 unspecified atom stereocenters. The molecule has 0 amide bonds. The third-order valence-electron chi connectivity index (χ3n) is 13.9. The van der Waals surface area contributed by atoms with E-state index in [1.165, 1.54) is 63.4 Å². The number of esters is 1. The quantitative estimate of drug-likeness (QED) is 0.240. The van der Waals surface area contributed by atoms with Crippen LogP contribution >= 0.6 is 9.24 Å². The van der Waals surface area contributed by atoms with E-state index in [0.717, 1.165) is 6.42 Å². The fourth-order valence-electron chi connectivity index (χ4n) is 12.0. The summed E-state index contributed by atoms with van der Waals surface area (Å²) in [5.41, 5.74) is 2.42. The van der Waals surface area contributed by atoms with Crippen molar-refractivity contribution >= 4 is 15.2 Å². The lowest BCUT2D eigenvalue weighted by Gasteiger charge is -2.73. The molecule has 4 heteroatoms. The van der Waals surface area contributed by atoms with Crippen molar-refractivity contribution in [2.75, 3.05) is 12.8 Å². The number of allylic oxidation sites excluding steroid dienone is 1. The first-order valence-electron chi connectivity index (χ1n) is 15.0. The molecule has 204 valence electrons. The molecule has 5 rings (SSSR count). The number of hydrogen-bond donors (Lipinski definition) is 1. The molecule has 3 nitrogen and oxygen atoms in total. The molecule has 0 bridgehead atoms. The Bertz CT molecular complexity index is 913. The summed E-state index contributed by atoms with van der Waals surface area (Å²) < 4.78 is 6.03. The van der Waals surface area contributed by atoms with E-state index in [1.54, 1.807) is 0 Å². The number of carbonyl (C=O) groups excluding carboxylic acids is 1. The molecular weight excluding hydrogens is 463 g/mol. The molecule has 11 atom stereocenters. The maximum atomic E-state index is 12.2. The second-order valence-corrected chi connectivity index (χ2v) is 15.7. The first kappa shape index (κ1) is 27.2. The van der Waals surface area contributed by atoms with Gasteiger partial charge in [-0.2, -0.15) is 0 Å². The molecule has 0 saturated heterocycles. The minimum Gasteiger partial charge on any atom is -0.462 e. The number of hydrogen-bond acceptors (Lipinski definition) is 3. The van der Waals surface area contributed by atoms with Crippen LogP contribution in [0.3, 0.4) is 0 Å². The zero-order valence-corrected chi connectivity index (χ0v) is 25.2. The van der Waals surface area contributed by atoms with Crippen LogP contribution in [0.15, 0.2) is 12.2 Å². The third kappa shape index (κ3) is 3.46. The summed E-state index contributed by atoms with van der Waals surface area (Å²) in [4.78, 5) is 12.2. The second-order valence-electron chi connectivity index (χ2n) is 15.2. The van der Waals surface area contributed by atoms with Crippen molar-refractivity contribution < 1.29 is 14.6 Å². The van der Waals surface area contributed by atoms with Crippen LogP contribution in [0.25, 0.3) is 0 Å². The summed E-state index contributed by atoms with van der Waals surface area (Å²) in [6.45, 7) is 19.8. The Hall–Kier alpha value is -0.400. The van der Waals surface area contributed by atoms with Crippen LogP contribution in [0.4, 0.5) is 0 Å². The Balaban J connectivity index is 1.49. The third-order valence-corrected chi connectivity index (χ3v) is 14.3. The molecule has 0 radical (unpaired) electrons. The van der Waals surface area contributed by atoms with Crippen molar-refractivity contribution in [2.24, 2.45) is 56.7 Å². The van der Waals surface area contributed by atoms with Gasteiger partial charge < -0.3 is 9.84 Å². The normalized spacial score (nSPS) is 51.3. The van der Waals surface area contributed by atoms with Crippen LogP contribution in [0.2, 0.25) is 0 Å². The maximum absolute atomic E-state index is 12.2. The van der Waals surface area contributed by atoms with E-state index in [9.17, 15) is 9.90 Å². The summed E-state index contributed by atoms with van der Waals surface area (Å²) >= 11 is 0. The van der Waals surface area contributed by atoms with Crippen LogP contribution in [0.1, 0.15) is 106 Å². The molecule has 1 N–H and O–H groups in total. The number of aliphatic hydroxyl groups excluding tert-OH is 1. The molecule has 5 aliphatic rings. The van der Waals surface area contributed by atoms with Crippen molar-refractivity contribution in [3.63, 3.8) is 0 Å². The predicted octanol–water partition coefficient (Wildman–Crippen LogP) is 7.42. The minimum absolute atomic E-state index is 0.0106. The summed E-state index contributed by atoms with van der Waals surface area (Å²) in [7, 11) is 2.52. The van der Waals surface area contributed by atoms with Crippen molar-refractivity contribution in [2.45, 2.75) is 112 Å². The van der Waals surface area contributed by atoms with E-state index in [2.05, 4.69) is 57.4 Å². The zero-order chi connectivity index (χ0) is 26.3. The standard InChI is InChI=1S/C32H53O3P/c1-20(2)21-10-15-32(19-33)17-16-30(6)22(27(21)32)8-9-24-29(5)13-12-25(35-26(34)18-36)28(3,4)23(29)11-14-31(24,30)7/h21-25,27,33H,1,8-19,36H2,2-7H3/t21-,22+,23-,24+,25-,27+,29-,30+,31+,32+/m0/s1. The van der Waals surface area contributed by atoms with Gasteiger partial charge in [0, 0.05) is 12.0 Å². The first-order valence-corrected chi connectivity index (χ1v) is 15.8. The average Bonchev–Trinajstić information content (AvgIpc) is 3.22. The Morgan fingerprint density at radius 2 is 1.64 bits per heavy atom. The van der Waals surface area contributed by atoms with E-state index in [0.29, 0.717) is 58.6 Å². The van der Waals surface area contributed by atoms with Crippen LogP contribution in [-0.4, -0.2) is 29.9 Å². The molecule has 5 fully saturated rings. The van der Waals surface area contributed by atoms with Gasteiger partial charge in [-0.25, -0.2) is 0 Å². The highest BCUT2D eigenvalue weighted by molar-refractivity contribution is 7.18. The van der Waals surface area contributed by atoms with Gasteiger partial charge in [0.1, 0.15) is 6.10 Å². The molecule has 36 heavy (non-hydrogen) atoms. The predicted molar refractivity (Wildman–Crippen MR) is 151 cm³/mol. The highest BCUT2D eigenvalue weighted by Gasteiger charge is 2.71. The second kappa shape index (κ2) is 8.81. The summed E-state index contributed by atoms with van der Waals surface area (Å²) in [5, 5.41) is 10.7. The minimum atomic E-state index is -0.0754. The molecule has 0 spiro atoms. The molecule has 5 saturated carbocycles. The Labute approximate surface area is 223 Å². The van der Waals surface area contributed by atoms with Crippen LogP contribution in [0.5, 0.6) is 0 Å². The van der Waals surface area contributed by atoms with Gasteiger partial charge in [0.05, 0.1) is 6.16 Å². The Morgan fingerprint density at radius 3 is 2.28 bits per heavy atom. The lowest BCUT2D eigenvalue weighted by Crippen LogP contribution is -2.67. The lowest BCUT2D eigenvalue weighted by molar-refractivity contribution is -0.251. The van der Waals surface area contributed by atoms with Gasteiger partial charge >= 0.3 is 5.97 Å². The molecule has 0 aromatic carbocycles. The van der Waals surface area contributed by atoms with Crippen LogP contribution in [-0.2, 0) is 9.53 Å². The van der Waals surface area contributed by atoms with Gasteiger partial charge in [-0.05, 0) is 122 Å². The van der Waals surface area contributed by atoms with Crippen molar-refractivity contribution in [3.05, 3.63) is 12.2 Å². The maximum Gasteiger partial charge on any atom is 0.309 e. The molecule has 5 aliphatic carbocycles. The van der Waals surface area contributed by atoms with Gasteiger partial charge in [0.2, 0.25) is 0 Å². The van der Waals surface area contributed by atoms with Crippen LogP contribution in [0, 0.1) is 56.7 Å². The summed E-state index contributed by atoms with van der Waals surface area (Å²) in [6.07, 6.45) is 12.6. The van der Waals surface area contributed by atoms with Crippen LogP contribution < -0.4 is 0 Å². The van der Waals surface area contributed by atoms with E-state index in [4.69, 9.17) is 4.74 Å². The Morgan fingerprint density at radius 1 is 0.917 bits per heavy atom. The monoisotopic (exact) mass is 516 g/mol. The fourth-order valence-corrected chi connectivity index (χ4v) is 12.0. The highest BCUT2D eigenvalue weighted by atomic mass is 31.0. The van der Waals surface area contributed by atoms with E-state index in [1.807, 2.05) is 0 Å². The number of rotatable bonds is 4. The number of aliphatic hydroxyl groups is 1. The molecule has 0 aromatic heterocycles. The highest BCUT2D eigenvalue weighted by Crippen LogP contribution is 2.77. The topological polar surface area (TPSA) is 46.5 Å². The molecule has 0 heterocycles. The van der Waals surface area contributed by atoms with E-state index < -0.39 is 0 Å². The summed E-state index contributed by atoms with van der Waals surface area (Å²) in [6, 6.07) is 0. The van der Waals surface area contributed by atoms with Crippen molar-refractivity contribution in [1.29, 1.82) is 0 Å². The van der Waals surface area contributed by atoms with E-state index >= 15 is 0 Å². The molecule has 0 aromatic rings. The largest absolute Gasteiger partial charge is 0.462 e. The Kier molecular flexibility index (Phi) is 6.65. The van der Waals surface area contributed by atoms with Crippen molar-refractivity contribution in [1.82, 2.24) is 0 Å². The fraction of sp³-hybridized carbons (Fsp3) is 0.906. The van der Waals surface area contributed by atoms with E-state index in [-0.39, 0.29) is 22.9 Å². The van der Waals surface area contributed by atoms with Gasteiger partial charge in [0.15, 0.2) is 0 Å². The van der Waals surface area contributed by atoms with Crippen molar-refractivity contribution in [3.8, 4) is 0 Å². The molecule has 0 aliphatic heterocycles. The number of fused-ring (bicyclic) bond motifs is 7. The average molecular weight is 517 g/mol.